The molecule has 0 saturated heterocycles. The van der Waals surface area contributed by atoms with Crippen LogP contribution in [0.5, 0.6) is 0 Å². The number of carbonyl (C=O) groups excluding carboxylic acids is 1. The highest BCUT2D eigenvalue weighted by Crippen LogP contribution is 2.33. The van der Waals surface area contributed by atoms with Crippen molar-refractivity contribution in [1.29, 1.82) is 0 Å². The Labute approximate surface area is 125 Å². The van der Waals surface area contributed by atoms with Gasteiger partial charge in [-0.2, -0.15) is 13.2 Å². The van der Waals surface area contributed by atoms with E-state index in [9.17, 15) is 18.0 Å². The van der Waals surface area contributed by atoms with Gasteiger partial charge in [0.1, 0.15) is 11.5 Å². The van der Waals surface area contributed by atoms with Gasteiger partial charge in [-0.1, -0.05) is 12.2 Å². The van der Waals surface area contributed by atoms with Crippen LogP contribution >= 0.6 is 12.2 Å². The number of hydrogen-bond donors (Lipinski definition) is 1. The molecule has 0 bridgehead atoms. The smallest absolute Gasteiger partial charge is 0.417 e. The number of nitrogens with zero attached hydrogens (tertiary/aromatic N) is 1. The zero-order valence-corrected chi connectivity index (χ0v) is 12.3. The SMILES string of the molecule is CCOC(=O)CN(C)c1ccc(C(F)(F)F)c(C(N)=S)c1. The number of carbonyl (C=O) groups is 1. The standard InChI is InChI=1S/C13H15F3N2O2S/c1-3-20-11(19)7-18(2)8-4-5-10(13(14,15)16)9(6-8)12(17)21/h4-6H,3,7H2,1-2H3,(H2,17,21). The lowest BCUT2D eigenvalue weighted by atomic mass is 10.1. The average Bonchev–Trinajstić information content (AvgIpc) is 2.37. The van der Waals surface area contributed by atoms with Gasteiger partial charge < -0.3 is 15.4 Å². The third kappa shape index (κ3) is 4.59. The number of rotatable bonds is 5. The molecule has 21 heavy (non-hydrogen) atoms. The molecule has 0 spiro atoms. The van der Waals surface area contributed by atoms with E-state index in [1.807, 2.05) is 0 Å². The summed E-state index contributed by atoms with van der Waals surface area (Å²) < 4.78 is 43.3. The van der Waals surface area contributed by atoms with Crippen molar-refractivity contribution in [3.63, 3.8) is 0 Å². The number of anilines is 1. The molecular formula is C13H15F3N2O2S. The maximum Gasteiger partial charge on any atom is 0.417 e. The lowest BCUT2D eigenvalue weighted by Crippen LogP contribution is -2.28. The second-order valence-corrected chi connectivity index (χ2v) is 4.69. The van der Waals surface area contributed by atoms with Crippen molar-refractivity contribution >= 4 is 28.9 Å². The van der Waals surface area contributed by atoms with Crippen LogP contribution in [-0.4, -0.2) is 31.2 Å². The van der Waals surface area contributed by atoms with Crippen molar-refractivity contribution in [2.45, 2.75) is 13.1 Å². The van der Waals surface area contributed by atoms with E-state index >= 15 is 0 Å². The third-order valence-electron chi connectivity index (χ3n) is 2.69. The fourth-order valence-electron chi connectivity index (χ4n) is 1.71. The van der Waals surface area contributed by atoms with Gasteiger partial charge in [-0.25, -0.2) is 0 Å². The number of esters is 1. The van der Waals surface area contributed by atoms with E-state index in [0.29, 0.717) is 5.69 Å². The van der Waals surface area contributed by atoms with Gasteiger partial charge in [0.05, 0.1) is 12.2 Å². The van der Waals surface area contributed by atoms with Crippen LogP contribution in [0.25, 0.3) is 0 Å². The minimum atomic E-state index is -4.54. The van der Waals surface area contributed by atoms with Crippen LogP contribution in [0.15, 0.2) is 18.2 Å². The highest BCUT2D eigenvalue weighted by atomic mass is 32.1. The summed E-state index contributed by atoms with van der Waals surface area (Å²) in [5.74, 6) is -0.475. The summed E-state index contributed by atoms with van der Waals surface area (Å²) in [6.07, 6.45) is -4.54. The minimum absolute atomic E-state index is 0.0873. The summed E-state index contributed by atoms with van der Waals surface area (Å²) in [6.45, 7) is 1.81. The molecule has 0 fully saturated rings. The van der Waals surface area contributed by atoms with E-state index in [1.165, 1.54) is 17.0 Å². The first-order chi connectivity index (χ1) is 9.66. The zero-order chi connectivity index (χ0) is 16.2. The normalized spacial score (nSPS) is 11.1. The molecular weight excluding hydrogens is 305 g/mol. The van der Waals surface area contributed by atoms with Crippen LogP contribution in [0, 0.1) is 0 Å². The molecule has 0 heterocycles. The second-order valence-electron chi connectivity index (χ2n) is 4.25. The molecule has 0 aliphatic rings. The Morgan fingerprint density at radius 3 is 2.52 bits per heavy atom. The monoisotopic (exact) mass is 320 g/mol. The van der Waals surface area contributed by atoms with Gasteiger partial charge in [0, 0.05) is 18.3 Å². The number of thiocarbonyl (C=S) groups is 1. The second kappa shape index (κ2) is 6.75. The molecule has 0 unspecified atom stereocenters. The summed E-state index contributed by atoms with van der Waals surface area (Å²) in [6, 6.07) is 3.36. The number of likely N-dealkylation sites (N-methyl/N-ethyl adjacent to an activating group) is 1. The molecule has 0 amide bonds. The Morgan fingerprint density at radius 2 is 2.05 bits per heavy atom. The highest BCUT2D eigenvalue weighted by molar-refractivity contribution is 7.80. The Kier molecular flexibility index (Phi) is 5.54. The maximum atomic E-state index is 12.8. The summed E-state index contributed by atoms with van der Waals surface area (Å²) in [5, 5.41) is 0. The van der Waals surface area contributed by atoms with Crippen molar-refractivity contribution < 1.29 is 22.7 Å². The van der Waals surface area contributed by atoms with Gasteiger partial charge in [0.25, 0.3) is 0 Å². The molecule has 0 saturated carbocycles. The summed E-state index contributed by atoms with van der Waals surface area (Å²) in [5.41, 5.74) is 4.57. The maximum absolute atomic E-state index is 12.8. The zero-order valence-electron chi connectivity index (χ0n) is 11.5. The van der Waals surface area contributed by atoms with Crippen LogP contribution in [0.2, 0.25) is 0 Å². The van der Waals surface area contributed by atoms with Crippen LogP contribution < -0.4 is 10.6 Å². The molecule has 0 aliphatic carbocycles. The van der Waals surface area contributed by atoms with E-state index in [-0.39, 0.29) is 23.7 Å². The molecule has 1 aromatic carbocycles. The Bertz CT molecular complexity index is 547. The largest absolute Gasteiger partial charge is 0.465 e. The van der Waals surface area contributed by atoms with Crippen LogP contribution in [0.3, 0.4) is 0 Å². The number of alkyl halides is 3. The number of nitrogens with two attached hydrogens (primary N) is 1. The predicted octanol–water partition coefficient (Wildman–Crippen LogP) is 2.34. The molecule has 116 valence electrons. The quantitative estimate of drug-likeness (QED) is 0.667. The van der Waals surface area contributed by atoms with Crippen molar-refractivity contribution in [3.8, 4) is 0 Å². The molecule has 4 nitrogen and oxygen atoms in total. The van der Waals surface area contributed by atoms with Crippen molar-refractivity contribution in [2.24, 2.45) is 5.73 Å². The fraction of sp³-hybridized carbons (Fsp3) is 0.385. The highest BCUT2D eigenvalue weighted by Gasteiger charge is 2.34. The molecule has 0 atom stereocenters. The summed E-state index contributed by atoms with van der Waals surface area (Å²) in [4.78, 5) is 12.5. The average molecular weight is 320 g/mol. The molecule has 0 aromatic heterocycles. The van der Waals surface area contributed by atoms with Crippen molar-refractivity contribution in [2.75, 3.05) is 25.1 Å². The first-order valence-electron chi connectivity index (χ1n) is 6.04. The number of hydrogen-bond acceptors (Lipinski definition) is 4. The molecule has 1 rings (SSSR count). The van der Waals surface area contributed by atoms with Crippen LogP contribution in [-0.2, 0) is 15.7 Å². The Morgan fingerprint density at radius 1 is 1.43 bits per heavy atom. The van der Waals surface area contributed by atoms with Gasteiger partial charge in [-0.15, -0.1) is 0 Å². The van der Waals surface area contributed by atoms with E-state index in [0.717, 1.165) is 6.07 Å². The molecule has 0 radical (unpaired) electrons. The van der Waals surface area contributed by atoms with Gasteiger partial charge in [-0.05, 0) is 25.1 Å². The number of benzene rings is 1. The van der Waals surface area contributed by atoms with E-state index in [1.54, 1.807) is 14.0 Å². The lowest BCUT2D eigenvalue weighted by Gasteiger charge is -2.20. The van der Waals surface area contributed by atoms with Crippen molar-refractivity contribution in [1.82, 2.24) is 0 Å². The summed E-state index contributed by atoms with van der Waals surface area (Å²) in [7, 11) is 1.56. The summed E-state index contributed by atoms with van der Waals surface area (Å²) >= 11 is 4.66. The van der Waals surface area contributed by atoms with Crippen molar-refractivity contribution in [3.05, 3.63) is 29.3 Å². The van der Waals surface area contributed by atoms with Crippen LogP contribution in [0.1, 0.15) is 18.1 Å². The molecule has 2 N–H and O–H groups in total. The van der Waals surface area contributed by atoms with E-state index in [2.05, 4.69) is 12.2 Å². The fourth-order valence-corrected chi connectivity index (χ4v) is 1.88. The minimum Gasteiger partial charge on any atom is -0.465 e. The predicted molar refractivity (Wildman–Crippen MR) is 77.2 cm³/mol. The lowest BCUT2D eigenvalue weighted by molar-refractivity contribution is -0.141. The van der Waals surface area contributed by atoms with E-state index < -0.39 is 17.7 Å². The third-order valence-corrected chi connectivity index (χ3v) is 2.91. The van der Waals surface area contributed by atoms with E-state index in [4.69, 9.17) is 10.5 Å². The van der Waals surface area contributed by atoms with Crippen LogP contribution in [0.4, 0.5) is 18.9 Å². The van der Waals surface area contributed by atoms with Gasteiger partial charge in [-0.3, -0.25) is 4.79 Å². The number of ether oxygens (including phenoxy) is 1. The Hall–Kier alpha value is -1.83. The topological polar surface area (TPSA) is 55.6 Å². The Balaban J connectivity index is 3.09. The van der Waals surface area contributed by atoms with Gasteiger partial charge >= 0.3 is 12.1 Å². The first-order valence-corrected chi connectivity index (χ1v) is 6.45. The first kappa shape index (κ1) is 17.2. The molecule has 1 aromatic rings. The van der Waals surface area contributed by atoms with Gasteiger partial charge in [0.2, 0.25) is 0 Å². The number of halogens is 3. The molecule has 0 aliphatic heterocycles. The van der Waals surface area contributed by atoms with Gasteiger partial charge in [0.15, 0.2) is 0 Å². The molecule has 8 heteroatoms.